The van der Waals surface area contributed by atoms with Gasteiger partial charge in [0.05, 0.1) is 0 Å². The van der Waals surface area contributed by atoms with Gasteiger partial charge in [0.15, 0.2) is 5.96 Å². The van der Waals surface area contributed by atoms with Crippen molar-refractivity contribution in [3.8, 4) is 0 Å². The van der Waals surface area contributed by atoms with Gasteiger partial charge in [0.25, 0.3) is 0 Å². The molecule has 1 aromatic rings. The number of nitrogens with two attached hydrogens (primary N) is 3. The SMILES string of the molecule is CN(C)C(=O)[C@@H](Cc1ccc(C(=N)N)cc1)C(=O)NC(CCC(=O)O)C(=O)NC(CCCNC(=N)N)C(N)=O. The zero-order valence-corrected chi connectivity index (χ0v) is 22.0. The Kier molecular flexibility index (Phi) is 12.9. The fourth-order valence-corrected chi connectivity index (χ4v) is 3.56. The van der Waals surface area contributed by atoms with Crippen molar-refractivity contribution in [1.29, 1.82) is 10.8 Å². The van der Waals surface area contributed by atoms with Gasteiger partial charge >= 0.3 is 5.97 Å². The number of rotatable bonds is 16. The number of carboxylic acids is 1. The summed E-state index contributed by atoms with van der Waals surface area (Å²) in [6, 6.07) is 3.88. The molecule has 3 atom stereocenters. The number of guanidine groups is 1. The molecule has 0 saturated heterocycles. The standard InChI is InChI=1S/C24H37N9O6/c1-33(2)23(39)15(12-13-5-7-14(8-6-13)19(25)26)21(37)32-17(9-10-18(34)35)22(38)31-16(20(27)36)4-3-11-30-24(28)29/h5-8,15-17H,3-4,9-12H2,1-2H3,(H3,25,26)(H2,27,36)(H,31,38)(H,32,37)(H,34,35)(H4,28,29,30)/t15-,16?,17?/m0/s1. The van der Waals surface area contributed by atoms with Crippen LogP contribution in [0, 0.1) is 16.7 Å². The normalized spacial score (nSPS) is 12.8. The molecule has 0 aliphatic heterocycles. The van der Waals surface area contributed by atoms with E-state index in [-0.39, 0.29) is 37.6 Å². The van der Waals surface area contributed by atoms with Gasteiger partial charge in [-0.05, 0) is 31.2 Å². The molecule has 2 unspecified atom stereocenters. The van der Waals surface area contributed by atoms with E-state index in [4.69, 9.17) is 33.1 Å². The highest BCUT2D eigenvalue weighted by Crippen LogP contribution is 2.14. The van der Waals surface area contributed by atoms with Crippen molar-refractivity contribution >= 4 is 41.4 Å². The minimum absolute atomic E-state index is 0.0403. The summed E-state index contributed by atoms with van der Waals surface area (Å²) in [7, 11) is 2.93. The summed E-state index contributed by atoms with van der Waals surface area (Å²) >= 11 is 0. The Labute approximate surface area is 225 Å². The third kappa shape index (κ3) is 11.5. The molecule has 0 spiro atoms. The molecule has 0 saturated carbocycles. The molecule has 0 aromatic heterocycles. The van der Waals surface area contributed by atoms with E-state index in [0.29, 0.717) is 17.5 Å². The van der Waals surface area contributed by atoms with Crippen LogP contribution in [0.4, 0.5) is 0 Å². The maximum Gasteiger partial charge on any atom is 0.303 e. The first-order valence-electron chi connectivity index (χ1n) is 12.1. The number of hydrogen-bond donors (Lipinski definition) is 9. The van der Waals surface area contributed by atoms with Gasteiger partial charge in [0.1, 0.15) is 23.8 Å². The fourth-order valence-electron chi connectivity index (χ4n) is 3.56. The van der Waals surface area contributed by atoms with Crippen LogP contribution in [0.1, 0.15) is 36.8 Å². The van der Waals surface area contributed by atoms with E-state index in [1.54, 1.807) is 24.3 Å². The minimum Gasteiger partial charge on any atom is -0.481 e. The lowest BCUT2D eigenvalue weighted by Gasteiger charge is -2.25. The van der Waals surface area contributed by atoms with Crippen molar-refractivity contribution in [2.75, 3.05) is 20.6 Å². The lowest BCUT2D eigenvalue weighted by molar-refractivity contribution is -0.143. The van der Waals surface area contributed by atoms with Crippen LogP contribution in [0.3, 0.4) is 0 Å². The first-order chi connectivity index (χ1) is 18.2. The number of amidine groups is 1. The Morgan fingerprint density at radius 2 is 1.51 bits per heavy atom. The van der Waals surface area contributed by atoms with Crippen molar-refractivity contribution < 1.29 is 29.1 Å². The number of benzene rings is 1. The van der Waals surface area contributed by atoms with E-state index < -0.39 is 54.0 Å². The Bertz CT molecular complexity index is 1070. The first-order valence-corrected chi connectivity index (χ1v) is 12.1. The van der Waals surface area contributed by atoms with Gasteiger partial charge < -0.3 is 43.2 Å². The zero-order valence-electron chi connectivity index (χ0n) is 22.0. The highest BCUT2D eigenvalue weighted by Gasteiger charge is 2.33. The maximum absolute atomic E-state index is 13.3. The molecule has 0 aliphatic rings. The Hall–Kier alpha value is -4.69. The highest BCUT2D eigenvalue weighted by molar-refractivity contribution is 6.02. The topological polar surface area (TPSA) is 271 Å². The maximum atomic E-state index is 13.3. The van der Waals surface area contributed by atoms with E-state index in [1.165, 1.54) is 19.0 Å². The molecular weight excluding hydrogens is 510 g/mol. The van der Waals surface area contributed by atoms with Crippen LogP contribution in [0.15, 0.2) is 24.3 Å². The Morgan fingerprint density at radius 3 is 2.00 bits per heavy atom. The smallest absolute Gasteiger partial charge is 0.303 e. The number of nitrogen functional groups attached to an aromatic ring is 1. The van der Waals surface area contributed by atoms with Crippen LogP contribution in [0.2, 0.25) is 0 Å². The Balaban J connectivity index is 3.09. The van der Waals surface area contributed by atoms with Crippen molar-refractivity contribution in [2.24, 2.45) is 23.1 Å². The molecule has 0 heterocycles. The molecule has 12 N–H and O–H groups in total. The highest BCUT2D eigenvalue weighted by atomic mass is 16.4. The lowest BCUT2D eigenvalue weighted by atomic mass is 9.95. The monoisotopic (exact) mass is 547 g/mol. The number of nitrogens with one attached hydrogen (secondary N) is 5. The van der Waals surface area contributed by atoms with Gasteiger partial charge in [0, 0.05) is 32.6 Å². The van der Waals surface area contributed by atoms with Gasteiger partial charge in [-0.25, -0.2) is 0 Å². The summed E-state index contributed by atoms with van der Waals surface area (Å²) < 4.78 is 0. The summed E-state index contributed by atoms with van der Waals surface area (Å²) in [5.74, 6) is -5.91. The predicted molar refractivity (Wildman–Crippen MR) is 142 cm³/mol. The molecular formula is C24H37N9O6. The number of carbonyl (C=O) groups is 5. The van der Waals surface area contributed by atoms with Crippen LogP contribution in [-0.2, 0) is 30.4 Å². The second kappa shape index (κ2) is 15.5. The Morgan fingerprint density at radius 1 is 0.923 bits per heavy atom. The fraction of sp³-hybridized carbons (Fsp3) is 0.458. The summed E-state index contributed by atoms with van der Waals surface area (Å²) in [6.07, 6.45) is -0.400. The number of nitrogens with zero attached hydrogens (tertiary/aromatic N) is 1. The summed E-state index contributed by atoms with van der Waals surface area (Å²) in [4.78, 5) is 63.4. The zero-order chi connectivity index (χ0) is 29.7. The largest absolute Gasteiger partial charge is 0.481 e. The van der Waals surface area contributed by atoms with Crippen LogP contribution in [-0.4, -0.2) is 84.1 Å². The van der Waals surface area contributed by atoms with Crippen molar-refractivity contribution in [2.45, 2.75) is 44.2 Å². The third-order valence-corrected chi connectivity index (χ3v) is 5.68. The molecule has 1 aromatic carbocycles. The van der Waals surface area contributed by atoms with Gasteiger partial charge in [0.2, 0.25) is 23.6 Å². The number of carbonyl (C=O) groups excluding carboxylic acids is 4. The van der Waals surface area contributed by atoms with Crippen LogP contribution in [0.5, 0.6) is 0 Å². The van der Waals surface area contributed by atoms with E-state index in [0.717, 1.165) is 0 Å². The number of amides is 4. The number of primary amides is 1. The van der Waals surface area contributed by atoms with Gasteiger partial charge in [-0.1, -0.05) is 24.3 Å². The van der Waals surface area contributed by atoms with Crippen molar-refractivity contribution in [3.63, 3.8) is 0 Å². The third-order valence-electron chi connectivity index (χ3n) is 5.68. The molecule has 0 aliphatic carbocycles. The lowest BCUT2D eigenvalue weighted by Crippen LogP contribution is -2.55. The van der Waals surface area contributed by atoms with Crippen LogP contribution >= 0.6 is 0 Å². The molecule has 214 valence electrons. The van der Waals surface area contributed by atoms with E-state index >= 15 is 0 Å². The first kappa shape index (κ1) is 32.3. The summed E-state index contributed by atoms with van der Waals surface area (Å²) in [6.45, 7) is 0.246. The van der Waals surface area contributed by atoms with Gasteiger partial charge in [-0.2, -0.15) is 0 Å². The second-order valence-electron chi connectivity index (χ2n) is 9.04. The molecule has 1 rings (SSSR count). The number of hydrogen-bond acceptors (Lipinski definition) is 7. The summed E-state index contributed by atoms with van der Waals surface area (Å²) in [5.41, 5.74) is 17.1. The van der Waals surface area contributed by atoms with E-state index in [9.17, 15) is 24.0 Å². The number of aliphatic carboxylic acids is 1. The van der Waals surface area contributed by atoms with E-state index in [1.807, 2.05) is 0 Å². The second-order valence-corrected chi connectivity index (χ2v) is 9.04. The van der Waals surface area contributed by atoms with Crippen molar-refractivity contribution in [1.82, 2.24) is 20.9 Å². The van der Waals surface area contributed by atoms with Crippen LogP contribution in [0.25, 0.3) is 0 Å². The molecule has 4 amide bonds. The molecule has 15 nitrogen and oxygen atoms in total. The average Bonchev–Trinajstić information content (AvgIpc) is 2.85. The van der Waals surface area contributed by atoms with E-state index in [2.05, 4.69) is 16.0 Å². The molecule has 0 bridgehead atoms. The number of carboxylic acid groups (broad SMARTS) is 1. The van der Waals surface area contributed by atoms with Gasteiger partial charge in [-0.3, -0.25) is 34.8 Å². The average molecular weight is 548 g/mol. The van der Waals surface area contributed by atoms with Gasteiger partial charge in [-0.15, -0.1) is 0 Å². The van der Waals surface area contributed by atoms with Crippen molar-refractivity contribution in [3.05, 3.63) is 35.4 Å². The molecule has 0 radical (unpaired) electrons. The molecule has 15 heteroatoms. The minimum atomic E-state index is -1.37. The molecule has 39 heavy (non-hydrogen) atoms. The van der Waals surface area contributed by atoms with Crippen LogP contribution < -0.4 is 33.2 Å². The quantitative estimate of drug-likeness (QED) is 0.0469. The summed E-state index contributed by atoms with van der Waals surface area (Å²) in [5, 5.41) is 31.2. The predicted octanol–water partition coefficient (Wildman–Crippen LogP) is -2.20. The molecule has 0 fully saturated rings.